The van der Waals surface area contributed by atoms with E-state index in [9.17, 15) is 22.8 Å². The van der Waals surface area contributed by atoms with Crippen molar-refractivity contribution < 1.29 is 22.8 Å². The fourth-order valence-electron chi connectivity index (χ4n) is 3.72. The summed E-state index contributed by atoms with van der Waals surface area (Å²) in [5, 5.41) is 5.56. The SMILES string of the molecule is CN(C)c1ncc(C(=O)CC2(C(=O)NCc3ccc(Nc4ccc(Br)cc4C(F)(F)F)cn3)CC2)cn1. The number of carbonyl (C=O) groups excluding carboxylic acids is 2. The summed E-state index contributed by atoms with van der Waals surface area (Å²) in [5.74, 6) is 0.0554. The van der Waals surface area contributed by atoms with E-state index in [1.807, 2.05) is 0 Å². The number of ketones is 1. The van der Waals surface area contributed by atoms with Gasteiger partial charge in [0, 0.05) is 37.4 Å². The predicted molar refractivity (Wildman–Crippen MR) is 135 cm³/mol. The predicted octanol–water partition coefficient (Wildman–Crippen LogP) is 5.13. The maximum absolute atomic E-state index is 13.3. The highest BCUT2D eigenvalue weighted by Gasteiger charge is 2.51. The number of anilines is 3. The first-order chi connectivity index (χ1) is 17.5. The number of carbonyl (C=O) groups is 2. The first-order valence-corrected chi connectivity index (χ1v) is 12.2. The Morgan fingerprint density at radius 3 is 2.32 bits per heavy atom. The summed E-state index contributed by atoms with van der Waals surface area (Å²) in [7, 11) is 3.59. The van der Waals surface area contributed by atoms with Gasteiger partial charge in [-0.1, -0.05) is 15.9 Å². The minimum absolute atomic E-state index is 0.0640. The minimum atomic E-state index is -4.52. The van der Waals surface area contributed by atoms with Crippen molar-refractivity contribution in [3.05, 3.63) is 70.2 Å². The van der Waals surface area contributed by atoms with Gasteiger partial charge >= 0.3 is 6.18 Å². The second-order valence-corrected chi connectivity index (χ2v) is 10.00. The van der Waals surface area contributed by atoms with Gasteiger partial charge in [0.15, 0.2) is 5.78 Å². The van der Waals surface area contributed by atoms with Gasteiger partial charge < -0.3 is 15.5 Å². The number of hydrogen-bond acceptors (Lipinski definition) is 7. The van der Waals surface area contributed by atoms with E-state index >= 15 is 0 Å². The molecule has 194 valence electrons. The molecule has 0 aliphatic heterocycles. The van der Waals surface area contributed by atoms with Gasteiger partial charge in [0.05, 0.1) is 46.4 Å². The average molecular weight is 577 g/mol. The van der Waals surface area contributed by atoms with Crippen LogP contribution in [0.5, 0.6) is 0 Å². The van der Waals surface area contributed by atoms with Crippen LogP contribution in [0, 0.1) is 5.41 Å². The van der Waals surface area contributed by atoms with E-state index in [0.29, 0.717) is 40.2 Å². The molecule has 0 spiro atoms. The van der Waals surface area contributed by atoms with Crippen molar-refractivity contribution in [2.45, 2.75) is 32.0 Å². The Morgan fingerprint density at radius 2 is 1.76 bits per heavy atom. The van der Waals surface area contributed by atoms with Crippen LogP contribution in [0.3, 0.4) is 0 Å². The summed E-state index contributed by atoms with van der Waals surface area (Å²) in [6, 6.07) is 7.05. The smallest absolute Gasteiger partial charge is 0.354 e. The van der Waals surface area contributed by atoms with E-state index in [1.165, 1.54) is 30.7 Å². The summed E-state index contributed by atoms with van der Waals surface area (Å²) in [5.41, 5.74) is -0.401. The number of nitrogens with one attached hydrogen (secondary N) is 2. The van der Waals surface area contributed by atoms with E-state index in [0.717, 1.165) is 6.07 Å². The molecule has 37 heavy (non-hydrogen) atoms. The van der Waals surface area contributed by atoms with Crippen molar-refractivity contribution >= 4 is 44.9 Å². The van der Waals surface area contributed by atoms with E-state index in [-0.39, 0.29) is 30.3 Å². The van der Waals surface area contributed by atoms with Crippen LogP contribution >= 0.6 is 15.9 Å². The Morgan fingerprint density at radius 1 is 1.05 bits per heavy atom. The number of benzene rings is 1. The first kappa shape index (κ1) is 26.5. The Bertz CT molecular complexity index is 1290. The zero-order valence-corrected chi connectivity index (χ0v) is 21.7. The third-order valence-corrected chi connectivity index (χ3v) is 6.51. The highest BCUT2D eigenvalue weighted by molar-refractivity contribution is 9.10. The molecular weight excluding hydrogens is 553 g/mol. The largest absolute Gasteiger partial charge is 0.418 e. The summed E-state index contributed by atoms with van der Waals surface area (Å²) in [4.78, 5) is 39.8. The van der Waals surface area contributed by atoms with Gasteiger partial charge in [-0.3, -0.25) is 14.6 Å². The standard InChI is InChI=1S/C25H24BrF3N6O2/c1-35(2)23-32-11-15(12-33-23)21(36)10-24(7-8-24)22(37)31-13-17-4-5-18(14-30-17)34-20-6-3-16(26)9-19(20)25(27,28)29/h3-6,9,11-12,14,34H,7-8,10,13H2,1-2H3,(H,31,37). The third-order valence-electron chi connectivity index (χ3n) is 6.02. The molecule has 2 aromatic heterocycles. The normalized spacial score (nSPS) is 14.1. The van der Waals surface area contributed by atoms with Crippen LogP contribution in [0.15, 0.2) is 53.4 Å². The van der Waals surface area contributed by atoms with Crippen LogP contribution in [0.4, 0.5) is 30.5 Å². The van der Waals surface area contributed by atoms with Crippen LogP contribution in [-0.4, -0.2) is 40.7 Å². The Balaban J connectivity index is 1.33. The van der Waals surface area contributed by atoms with Gasteiger partial charge in [0.2, 0.25) is 11.9 Å². The molecule has 2 heterocycles. The van der Waals surface area contributed by atoms with E-state index in [1.54, 1.807) is 31.1 Å². The first-order valence-electron chi connectivity index (χ1n) is 11.4. The molecule has 1 amide bonds. The Labute approximate surface area is 219 Å². The molecule has 1 aliphatic carbocycles. The molecule has 1 aromatic carbocycles. The van der Waals surface area contributed by atoms with Gasteiger partial charge in [-0.25, -0.2) is 9.97 Å². The van der Waals surface area contributed by atoms with Gasteiger partial charge in [-0.15, -0.1) is 0 Å². The van der Waals surface area contributed by atoms with E-state index < -0.39 is 17.2 Å². The molecule has 1 aliphatic rings. The molecule has 4 rings (SSSR count). The second kappa shape index (κ2) is 10.4. The number of rotatable bonds is 9. The number of Topliss-reactive ketones (excluding diaryl/α,β-unsaturated/α-hetero) is 1. The molecule has 1 fully saturated rings. The van der Waals surface area contributed by atoms with E-state index in [4.69, 9.17) is 0 Å². The lowest BCUT2D eigenvalue weighted by Gasteiger charge is -2.16. The average Bonchev–Trinajstić information content (AvgIpc) is 3.64. The minimum Gasteiger partial charge on any atom is -0.354 e. The van der Waals surface area contributed by atoms with Crippen LogP contribution in [-0.2, 0) is 17.5 Å². The maximum Gasteiger partial charge on any atom is 0.418 e. The molecule has 0 radical (unpaired) electrons. The number of pyridine rings is 1. The van der Waals surface area contributed by atoms with Crippen molar-refractivity contribution in [1.82, 2.24) is 20.3 Å². The quantitative estimate of drug-likeness (QED) is 0.340. The molecule has 1 saturated carbocycles. The van der Waals surface area contributed by atoms with Gasteiger partial charge in [-0.2, -0.15) is 13.2 Å². The van der Waals surface area contributed by atoms with Crippen molar-refractivity contribution in [3.63, 3.8) is 0 Å². The molecule has 0 saturated heterocycles. The fourth-order valence-corrected chi connectivity index (χ4v) is 4.08. The highest BCUT2D eigenvalue weighted by Crippen LogP contribution is 2.49. The van der Waals surface area contributed by atoms with Gasteiger partial charge in [0.1, 0.15) is 0 Å². The monoisotopic (exact) mass is 576 g/mol. The molecule has 2 N–H and O–H groups in total. The zero-order chi connectivity index (χ0) is 26.8. The van der Waals surface area contributed by atoms with Crippen LogP contribution in [0.2, 0.25) is 0 Å². The molecular formula is C25H24BrF3N6O2. The lowest BCUT2D eigenvalue weighted by Crippen LogP contribution is -2.33. The summed E-state index contributed by atoms with van der Waals surface area (Å²) >= 11 is 3.06. The summed E-state index contributed by atoms with van der Waals surface area (Å²) in [6.07, 6.45) is 1.07. The summed E-state index contributed by atoms with van der Waals surface area (Å²) < 4.78 is 40.4. The molecule has 12 heteroatoms. The van der Waals surface area contributed by atoms with Crippen molar-refractivity contribution in [1.29, 1.82) is 0 Å². The molecule has 8 nitrogen and oxygen atoms in total. The topological polar surface area (TPSA) is 100 Å². The van der Waals surface area contributed by atoms with Crippen molar-refractivity contribution in [2.75, 3.05) is 24.3 Å². The second-order valence-electron chi connectivity index (χ2n) is 9.08. The molecule has 3 aromatic rings. The summed E-state index contributed by atoms with van der Waals surface area (Å²) in [6.45, 7) is 0.127. The molecule has 0 unspecified atom stereocenters. The van der Waals surface area contributed by atoms with Gasteiger partial charge in [0.25, 0.3) is 0 Å². The van der Waals surface area contributed by atoms with Gasteiger partial charge in [-0.05, 0) is 43.2 Å². The van der Waals surface area contributed by atoms with Crippen molar-refractivity contribution in [2.24, 2.45) is 5.41 Å². The lowest BCUT2D eigenvalue weighted by molar-refractivity contribution is -0.137. The van der Waals surface area contributed by atoms with Crippen molar-refractivity contribution in [3.8, 4) is 0 Å². The molecule has 0 atom stereocenters. The zero-order valence-electron chi connectivity index (χ0n) is 20.1. The highest BCUT2D eigenvalue weighted by atomic mass is 79.9. The number of aromatic nitrogens is 3. The van der Waals surface area contributed by atoms with Crippen LogP contribution in [0.25, 0.3) is 0 Å². The third kappa shape index (κ3) is 6.43. The fraction of sp³-hybridized carbons (Fsp3) is 0.320. The Hall–Kier alpha value is -3.54. The Kier molecular flexibility index (Phi) is 7.49. The number of amides is 1. The number of hydrogen-bond donors (Lipinski definition) is 2. The number of alkyl halides is 3. The maximum atomic E-state index is 13.3. The lowest BCUT2D eigenvalue weighted by atomic mass is 9.96. The number of nitrogens with zero attached hydrogens (tertiary/aromatic N) is 4. The molecule has 0 bridgehead atoms. The van der Waals surface area contributed by atoms with E-state index in [2.05, 4.69) is 41.5 Å². The number of halogens is 4. The van der Waals surface area contributed by atoms with Crippen LogP contribution < -0.4 is 15.5 Å². The van der Waals surface area contributed by atoms with Crippen LogP contribution in [0.1, 0.15) is 40.9 Å².